The number of benzene rings is 7. The molecule has 0 atom stereocenters. The zero-order valence-electron chi connectivity index (χ0n) is 27.9. The Bertz CT molecular complexity index is 2130. The molecule has 0 radical (unpaired) electrons. The molecular formula is C48H33N3. The third kappa shape index (κ3) is 7.01. The number of hydrogen-bond acceptors (Lipinski definition) is 3. The molecule has 0 saturated carbocycles. The molecule has 0 unspecified atom stereocenters. The van der Waals surface area contributed by atoms with E-state index in [0.717, 1.165) is 61.6 Å². The van der Waals surface area contributed by atoms with Crippen molar-refractivity contribution < 1.29 is 0 Å². The molecule has 0 fully saturated rings. The van der Waals surface area contributed by atoms with Gasteiger partial charge in [0.2, 0.25) is 0 Å². The van der Waals surface area contributed by atoms with E-state index in [1.807, 2.05) is 164 Å². The maximum absolute atomic E-state index is 10.5. The van der Waals surface area contributed by atoms with Crippen LogP contribution in [0.25, 0.3) is 22.3 Å². The minimum Gasteiger partial charge on any atom is -0.311 e. The van der Waals surface area contributed by atoms with Crippen LogP contribution >= 0.6 is 0 Å². The Labute approximate surface area is 299 Å². The van der Waals surface area contributed by atoms with E-state index in [9.17, 15) is 10.5 Å². The van der Waals surface area contributed by atoms with Gasteiger partial charge in [-0.25, -0.2) is 0 Å². The third-order valence-electron chi connectivity index (χ3n) is 8.82. The fraction of sp³-hybridized carbons (Fsp3) is 0. The minimum absolute atomic E-state index is 0.609. The molecule has 0 aliphatic carbocycles. The average Bonchev–Trinajstić information content (AvgIpc) is 3.21. The maximum atomic E-state index is 10.5. The predicted octanol–water partition coefficient (Wildman–Crippen LogP) is 12.1. The van der Waals surface area contributed by atoms with Crippen molar-refractivity contribution in [2.75, 3.05) is 4.90 Å². The van der Waals surface area contributed by atoms with Crippen molar-refractivity contribution in [3.8, 4) is 12.1 Å². The van der Waals surface area contributed by atoms with Gasteiger partial charge in [0.05, 0.1) is 11.1 Å². The number of nitrogens with zero attached hydrogens (tertiary/aromatic N) is 3. The van der Waals surface area contributed by atoms with Gasteiger partial charge >= 0.3 is 0 Å². The molecule has 240 valence electrons. The van der Waals surface area contributed by atoms with Gasteiger partial charge in [0.25, 0.3) is 0 Å². The van der Waals surface area contributed by atoms with Crippen LogP contribution in [0, 0.1) is 22.7 Å². The summed E-state index contributed by atoms with van der Waals surface area (Å²) >= 11 is 0. The summed E-state index contributed by atoms with van der Waals surface area (Å²) in [6, 6.07) is 71.9. The molecule has 0 N–H and O–H groups in total. The van der Waals surface area contributed by atoms with Crippen LogP contribution in [0.5, 0.6) is 0 Å². The first-order valence-corrected chi connectivity index (χ1v) is 16.8. The van der Waals surface area contributed by atoms with E-state index in [0.29, 0.717) is 11.1 Å². The smallest absolute Gasteiger partial charge is 0.100 e. The fourth-order valence-electron chi connectivity index (χ4n) is 6.44. The molecule has 0 aliphatic heterocycles. The van der Waals surface area contributed by atoms with Crippen LogP contribution in [0.2, 0.25) is 0 Å². The van der Waals surface area contributed by atoms with Gasteiger partial charge in [-0.1, -0.05) is 164 Å². The van der Waals surface area contributed by atoms with Crippen molar-refractivity contribution in [1.82, 2.24) is 0 Å². The van der Waals surface area contributed by atoms with E-state index in [-0.39, 0.29) is 0 Å². The minimum atomic E-state index is 0.609. The summed E-state index contributed by atoms with van der Waals surface area (Å²) in [6.07, 6.45) is 0. The lowest BCUT2D eigenvalue weighted by Gasteiger charge is -2.26. The van der Waals surface area contributed by atoms with E-state index >= 15 is 0 Å². The third-order valence-corrected chi connectivity index (χ3v) is 8.82. The van der Waals surface area contributed by atoms with Gasteiger partial charge in [0, 0.05) is 28.2 Å². The lowest BCUT2D eigenvalue weighted by Crippen LogP contribution is -2.10. The number of rotatable bonds is 9. The van der Waals surface area contributed by atoms with E-state index in [4.69, 9.17) is 0 Å². The van der Waals surface area contributed by atoms with E-state index in [1.165, 1.54) is 0 Å². The molecule has 0 spiro atoms. The van der Waals surface area contributed by atoms with Crippen molar-refractivity contribution in [1.29, 1.82) is 10.5 Å². The quantitative estimate of drug-likeness (QED) is 0.115. The highest BCUT2D eigenvalue weighted by Crippen LogP contribution is 2.38. The van der Waals surface area contributed by atoms with Gasteiger partial charge in [-0.15, -0.1) is 0 Å². The second-order valence-corrected chi connectivity index (χ2v) is 12.0. The highest BCUT2D eigenvalue weighted by molar-refractivity contribution is 6.05. The Morgan fingerprint density at radius 1 is 0.294 bits per heavy atom. The Kier molecular flexibility index (Phi) is 9.74. The zero-order valence-corrected chi connectivity index (χ0v) is 27.9. The molecule has 0 bridgehead atoms. The largest absolute Gasteiger partial charge is 0.311 e. The summed E-state index contributed by atoms with van der Waals surface area (Å²) in [5.41, 5.74) is 11.5. The molecular weight excluding hydrogens is 619 g/mol. The first kappa shape index (κ1) is 32.4. The van der Waals surface area contributed by atoms with E-state index < -0.39 is 0 Å². The second kappa shape index (κ2) is 15.3. The molecule has 0 aromatic heterocycles. The van der Waals surface area contributed by atoms with Crippen LogP contribution < -0.4 is 4.90 Å². The predicted molar refractivity (Wildman–Crippen MR) is 210 cm³/mol. The number of nitriles is 2. The summed E-state index contributed by atoms with van der Waals surface area (Å²) in [5, 5.41) is 21.1. The van der Waals surface area contributed by atoms with Crippen molar-refractivity contribution in [3.63, 3.8) is 0 Å². The van der Waals surface area contributed by atoms with Crippen LogP contribution in [0.3, 0.4) is 0 Å². The molecule has 7 rings (SSSR count). The van der Waals surface area contributed by atoms with Gasteiger partial charge in [0.1, 0.15) is 12.1 Å². The van der Waals surface area contributed by atoms with Crippen LogP contribution in [0.1, 0.15) is 33.4 Å². The first-order valence-electron chi connectivity index (χ1n) is 16.8. The van der Waals surface area contributed by atoms with Crippen LogP contribution in [0.15, 0.2) is 200 Å². The molecule has 0 saturated heterocycles. The molecule has 3 nitrogen and oxygen atoms in total. The highest BCUT2D eigenvalue weighted by atomic mass is 15.1. The monoisotopic (exact) mass is 651 g/mol. The maximum Gasteiger partial charge on any atom is 0.100 e. The average molecular weight is 652 g/mol. The number of allylic oxidation sites excluding steroid dienone is 2. The molecule has 7 aromatic rings. The van der Waals surface area contributed by atoms with Crippen LogP contribution in [-0.2, 0) is 0 Å². The molecule has 0 heterocycles. The van der Waals surface area contributed by atoms with Gasteiger partial charge in [-0.2, -0.15) is 10.5 Å². The first-order chi connectivity index (χ1) is 25.2. The van der Waals surface area contributed by atoms with E-state index in [1.54, 1.807) is 0 Å². The summed E-state index contributed by atoms with van der Waals surface area (Å²) in [4.78, 5) is 2.18. The lowest BCUT2D eigenvalue weighted by atomic mass is 9.90. The normalized spacial score (nSPS) is 10.3. The summed E-state index contributed by atoms with van der Waals surface area (Å²) in [6.45, 7) is 0. The summed E-state index contributed by atoms with van der Waals surface area (Å²) in [5.74, 6) is 0. The lowest BCUT2D eigenvalue weighted by molar-refractivity contribution is 1.28. The Morgan fingerprint density at radius 2 is 0.549 bits per heavy atom. The Morgan fingerprint density at radius 3 is 0.824 bits per heavy atom. The Balaban J connectivity index is 1.31. The SMILES string of the molecule is N#CC(=C(c1ccccc1)c1ccccc1)c1ccc(N(c2ccccc2)c2ccc(C(C#N)=C(c3ccccc3)c3ccccc3)cc2)cc1. The fourth-order valence-corrected chi connectivity index (χ4v) is 6.44. The Hall–Kier alpha value is -7.20. The topological polar surface area (TPSA) is 50.8 Å². The number of hydrogen-bond donors (Lipinski definition) is 0. The van der Waals surface area contributed by atoms with Gasteiger partial charge in [0.15, 0.2) is 0 Å². The van der Waals surface area contributed by atoms with Crippen molar-refractivity contribution in [2.24, 2.45) is 0 Å². The molecule has 0 amide bonds. The van der Waals surface area contributed by atoms with Crippen molar-refractivity contribution in [3.05, 3.63) is 234 Å². The zero-order chi connectivity index (χ0) is 34.8. The van der Waals surface area contributed by atoms with Gasteiger partial charge in [-0.3, -0.25) is 0 Å². The summed E-state index contributed by atoms with van der Waals surface area (Å²) < 4.78 is 0. The molecule has 7 aromatic carbocycles. The highest BCUT2D eigenvalue weighted by Gasteiger charge is 2.18. The van der Waals surface area contributed by atoms with Crippen molar-refractivity contribution >= 4 is 39.4 Å². The molecule has 0 aliphatic rings. The van der Waals surface area contributed by atoms with Gasteiger partial charge < -0.3 is 4.90 Å². The number of anilines is 3. The van der Waals surface area contributed by atoms with Crippen LogP contribution in [0.4, 0.5) is 17.1 Å². The summed E-state index contributed by atoms with van der Waals surface area (Å²) in [7, 11) is 0. The second-order valence-electron chi connectivity index (χ2n) is 12.0. The van der Waals surface area contributed by atoms with Gasteiger partial charge in [-0.05, 0) is 69.8 Å². The number of para-hydroxylation sites is 1. The molecule has 51 heavy (non-hydrogen) atoms. The standard InChI is InChI=1S/C48H33N3/c49-34-45(47(38-16-6-1-7-17-38)39-18-8-2-9-19-39)36-26-30-43(31-27-36)51(42-24-14-5-15-25-42)44-32-28-37(29-33-44)46(35-50)48(40-20-10-3-11-21-40)41-22-12-4-13-23-41/h1-33H. The van der Waals surface area contributed by atoms with Crippen molar-refractivity contribution in [2.45, 2.75) is 0 Å². The molecule has 3 heteroatoms. The van der Waals surface area contributed by atoms with Crippen LogP contribution in [-0.4, -0.2) is 0 Å². The van der Waals surface area contributed by atoms with E-state index in [2.05, 4.69) is 53.4 Å².